The van der Waals surface area contributed by atoms with Gasteiger partial charge in [-0.2, -0.15) is 0 Å². The van der Waals surface area contributed by atoms with Crippen molar-refractivity contribution < 1.29 is 14.7 Å². The molecule has 1 heterocycles. The van der Waals surface area contributed by atoms with Gasteiger partial charge in [-0.25, -0.2) is 9.48 Å². The number of carboxylic acid groups (broad SMARTS) is 1. The highest BCUT2D eigenvalue weighted by atomic mass is 16.4. The van der Waals surface area contributed by atoms with Crippen LogP contribution in [0.3, 0.4) is 0 Å². The maximum Gasteiger partial charge on any atom is 0.326 e. The highest BCUT2D eigenvalue weighted by Gasteiger charge is 2.20. The average molecular weight is 274 g/mol. The minimum atomic E-state index is -1.07. The van der Waals surface area contributed by atoms with E-state index >= 15 is 0 Å². The molecular weight excluding hydrogens is 260 g/mol. The van der Waals surface area contributed by atoms with Gasteiger partial charge in [0.1, 0.15) is 12.6 Å². The van der Waals surface area contributed by atoms with E-state index in [0.29, 0.717) is 0 Å². The summed E-state index contributed by atoms with van der Waals surface area (Å²) in [5.74, 6) is -1.49. The Labute approximate surface area is 115 Å². The van der Waals surface area contributed by atoms with Crippen molar-refractivity contribution >= 4 is 11.9 Å². The number of amides is 1. The van der Waals surface area contributed by atoms with Crippen LogP contribution in [0.1, 0.15) is 5.56 Å². The Morgan fingerprint density at radius 1 is 1.30 bits per heavy atom. The lowest BCUT2D eigenvalue weighted by Crippen LogP contribution is -2.43. The lowest BCUT2D eigenvalue weighted by atomic mass is 10.1. The third-order valence-corrected chi connectivity index (χ3v) is 2.69. The Kier molecular flexibility index (Phi) is 4.43. The maximum atomic E-state index is 11.8. The number of carbonyl (C=O) groups is 2. The number of nitrogens with zero attached hydrogens (tertiary/aromatic N) is 3. The van der Waals surface area contributed by atoms with Gasteiger partial charge in [-0.15, -0.1) is 5.10 Å². The third kappa shape index (κ3) is 3.91. The monoisotopic (exact) mass is 274 g/mol. The molecule has 1 atom stereocenters. The highest BCUT2D eigenvalue weighted by Crippen LogP contribution is 2.03. The molecule has 0 spiro atoms. The van der Waals surface area contributed by atoms with Crippen molar-refractivity contribution in [1.82, 2.24) is 20.3 Å². The van der Waals surface area contributed by atoms with Crippen LogP contribution in [0.15, 0.2) is 42.7 Å². The van der Waals surface area contributed by atoms with Crippen LogP contribution in [0.4, 0.5) is 0 Å². The number of hydrogen-bond acceptors (Lipinski definition) is 4. The molecule has 0 saturated heterocycles. The van der Waals surface area contributed by atoms with Crippen LogP contribution in [0.2, 0.25) is 0 Å². The molecule has 0 aliphatic rings. The number of nitrogens with one attached hydrogen (secondary N) is 1. The summed E-state index contributed by atoms with van der Waals surface area (Å²) in [6, 6.07) is 8.17. The van der Waals surface area contributed by atoms with Crippen LogP contribution in [0, 0.1) is 0 Å². The van der Waals surface area contributed by atoms with E-state index in [1.807, 2.05) is 30.3 Å². The summed E-state index contributed by atoms with van der Waals surface area (Å²) in [6.45, 7) is -0.0570. The lowest BCUT2D eigenvalue weighted by Gasteiger charge is -2.14. The Morgan fingerprint density at radius 2 is 2.05 bits per heavy atom. The largest absolute Gasteiger partial charge is 0.480 e. The van der Waals surface area contributed by atoms with E-state index in [9.17, 15) is 9.59 Å². The number of aliphatic carboxylic acids is 1. The zero-order valence-electron chi connectivity index (χ0n) is 10.6. The summed E-state index contributed by atoms with van der Waals surface area (Å²) in [7, 11) is 0. The average Bonchev–Trinajstić information content (AvgIpc) is 2.92. The molecule has 0 aliphatic carbocycles. The van der Waals surface area contributed by atoms with Gasteiger partial charge >= 0.3 is 5.97 Å². The van der Waals surface area contributed by atoms with Crippen LogP contribution in [0.5, 0.6) is 0 Å². The SMILES string of the molecule is O=C(Cn1ccnn1)N[C@@H](Cc1ccccc1)C(=O)O. The van der Waals surface area contributed by atoms with Crippen molar-refractivity contribution in [3.63, 3.8) is 0 Å². The van der Waals surface area contributed by atoms with Crippen molar-refractivity contribution in [1.29, 1.82) is 0 Å². The van der Waals surface area contributed by atoms with Gasteiger partial charge in [0, 0.05) is 12.6 Å². The van der Waals surface area contributed by atoms with Gasteiger partial charge in [-0.05, 0) is 5.56 Å². The predicted octanol–water partition coefficient (Wildman–Crippen LogP) is 0.0902. The summed E-state index contributed by atoms with van der Waals surface area (Å²) in [6.07, 6.45) is 3.22. The fourth-order valence-electron chi connectivity index (χ4n) is 1.75. The zero-order chi connectivity index (χ0) is 14.4. The van der Waals surface area contributed by atoms with E-state index in [1.54, 1.807) is 0 Å². The first kappa shape index (κ1) is 13.7. The first-order chi connectivity index (χ1) is 9.65. The molecule has 20 heavy (non-hydrogen) atoms. The van der Waals surface area contributed by atoms with Crippen LogP contribution in [0.25, 0.3) is 0 Å². The molecular formula is C13H14N4O3. The quantitative estimate of drug-likeness (QED) is 0.778. The second-order valence-electron chi connectivity index (χ2n) is 4.25. The van der Waals surface area contributed by atoms with E-state index in [4.69, 9.17) is 5.11 Å². The van der Waals surface area contributed by atoms with Crippen LogP contribution < -0.4 is 5.32 Å². The molecule has 0 aliphatic heterocycles. The van der Waals surface area contributed by atoms with E-state index in [-0.39, 0.29) is 13.0 Å². The number of carboxylic acids is 1. The number of carbonyl (C=O) groups excluding carboxylic acids is 1. The normalized spacial score (nSPS) is 11.8. The molecule has 1 aromatic carbocycles. The Hall–Kier alpha value is -2.70. The Bertz CT molecular complexity index is 569. The maximum absolute atomic E-state index is 11.8. The summed E-state index contributed by atoms with van der Waals surface area (Å²) < 4.78 is 1.33. The minimum absolute atomic E-state index is 0.0570. The second kappa shape index (κ2) is 6.46. The van der Waals surface area contributed by atoms with E-state index < -0.39 is 17.9 Å². The number of benzene rings is 1. The minimum Gasteiger partial charge on any atom is -0.480 e. The van der Waals surface area contributed by atoms with Gasteiger partial charge in [0.2, 0.25) is 5.91 Å². The molecule has 2 aromatic rings. The molecule has 0 fully saturated rings. The van der Waals surface area contributed by atoms with Crippen LogP contribution in [-0.2, 0) is 22.6 Å². The van der Waals surface area contributed by atoms with Gasteiger partial charge in [0.25, 0.3) is 0 Å². The first-order valence-electron chi connectivity index (χ1n) is 6.05. The summed E-state index contributed by atoms with van der Waals surface area (Å²) in [4.78, 5) is 22.9. The number of rotatable bonds is 6. The summed E-state index contributed by atoms with van der Waals surface area (Å²) in [5.41, 5.74) is 0.848. The van der Waals surface area contributed by atoms with Crippen LogP contribution >= 0.6 is 0 Å². The fraction of sp³-hybridized carbons (Fsp3) is 0.231. The summed E-state index contributed by atoms with van der Waals surface area (Å²) >= 11 is 0. The Morgan fingerprint density at radius 3 is 2.65 bits per heavy atom. The summed E-state index contributed by atoms with van der Waals surface area (Å²) in [5, 5.41) is 18.9. The third-order valence-electron chi connectivity index (χ3n) is 2.69. The van der Waals surface area contributed by atoms with Gasteiger partial charge in [0.05, 0.1) is 6.20 Å². The number of aromatic nitrogens is 3. The van der Waals surface area contributed by atoms with Crippen molar-refractivity contribution in [2.75, 3.05) is 0 Å². The molecule has 1 aromatic heterocycles. The molecule has 0 radical (unpaired) electrons. The lowest BCUT2D eigenvalue weighted by molar-refractivity contribution is -0.141. The number of hydrogen-bond donors (Lipinski definition) is 2. The standard InChI is InChI=1S/C13H14N4O3/c18-12(9-17-7-6-14-16-17)15-11(13(19)20)8-10-4-2-1-3-5-10/h1-7,11H,8-9H2,(H,15,18)(H,19,20)/t11-/m0/s1. The van der Waals surface area contributed by atoms with Gasteiger partial charge in [-0.3, -0.25) is 4.79 Å². The smallest absolute Gasteiger partial charge is 0.326 e. The molecule has 7 nitrogen and oxygen atoms in total. The molecule has 2 N–H and O–H groups in total. The van der Waals surface area contributed by atoms with E-state index in [1.165, 1.54) is 17.1 Å². The topological polar surface area (TPSA) is 97.1 Å². The molecule has 1 amide bonds. The first-order valence-corrected chi connectivity index (χ1v) is 6.05. The molecule has 2 rings (SSSR count). The molecule has 0 unspecified atom stereocenters. The van der Waals surface area contributed by atoms with Crippen LogP contribution in [-0.4, -0.2) is 38.0 Å². The zero-order valence-corrected chi connectivity index (χ0v) is 10.6. The van der Waals surface area contributed by atoms with E-state index in [2.05, 4.69) is 15.6 Å². The van der Waals surface area contributed by atoms with Gasteiger partial charge in [0.15, 0.2) is 0 Å². The van der Waals surface area contributed by atoms with Gasteiger partial charge < -0.3 is 10.4 Å². The highest BCUT2D eigenvalue weighted by molar-refractivity contribution is 5.83. The molecule has 104 valence electrons. The van der Waals surface area contributed by atoms with Crippen molar-refractivity contribution in [2.45, 2.75) is 19.0 Å². The van der Waals surface area contributed by atoms with Crippen molar-refractivity contribution in [3.8, 4) is 0 Å². The molecule has 0 saturated carbocycles. The second-order valence-corrected chi connectivity index (χ2v) is 4.25. The van der Waals surface area contributed by atoms with Crippen molar-refractivity contribution in [3.05, 3.63) is 48.3 Å². The van der Waals surface area contributed by atoms with Gasteiger partial charge in [-0.1, -0.05) is 35.5 Å². The fourth-order valence-corrected chi connectivity index (χ4v) is 1.75. The molecule has 0 bridgehead atoms. The predicted molar refractivity (Wildman–Crippen MR) is 69.7 cm³/mol. The van der Waals surface area contributed by atoms with E-state index in [0.717, 1.165) is 5.56 Å². The molecule has 7 heteroatoms. The Balaban J connectivity index is 1.95. The van der Waals surface area contributed by atoms with Crippen molar-refractivity contribution in [2.24, 2.45) is 0 Å².